The molecule has 1 saturated heterocycles. The summed E-state index contributed by atoms with van der Waals surface area (Å²) < 4.78 is 5.43. The molecule has 2 aromatic heterocycles. The first-order valence-electron chi connectivity index (χ1n) is 10.7. The molecule has 2 aliphatic rings. The van der Waals surface area contributed by atoms with Gasteiger partial charge in [0.15, 0.2) is 11.5 Å². The fraction of sp³-hybridized carbons (Fsp3) is 0.304. The lowest BCUT2D eigenvalue weighted by molar-refractivity contribution is 0.102. The Morgan fingerprint density at radius 1 is 1.16 bits per heavy atom. The number of hydrogen-bond acceptors (Lipinski definition) is 8. The molecule has 9 heteroatoms. The molecule has 0 saturated carbocycles. The van der Waals surface area contributed by atoms with Gasteiger partial charge >= 0.3 is 0 Å². The van der Waals surface area contributed by atoms with E-state index < -0.39 is 5.91 Å². The zero-order chi connectivity index (χ0) is 21.9. The van der Waals surface area contributed by atoms with Crippen LogP contribution in [0.1, 0.15) is 21.6 Å². The van der Waals surface area contributed by atoms with E-state index in [2.05, 4.69) is 42.6 Å². The molecule has 4 heterocycles. The molecule has 0 atom stereocenters. The number of amides is 1. The Hall–Kier alpha value is -3.56. The second-order valence-corrected chi connectivity index (χ2v) is 7.85. The number of benzene rings is 1. The maximum absolute atomic E-state index is 13.1. The zero-order valence-corrected chi connectivity index (χ0v) is 17.7. The van der Waals surface area contributed by atoms with Crippen LogP contribution in [0, 0.1) is 0 Å². The molecule has 3 aromatic rings. The Kier molecular flexibility index (Phi) is 5.66. The first kappa shape index (κ1) is 20.3. The van der Waals surface area contributed by atoms with E-state index in [0.717, 1.165) is 43.9 Å². The van der Waals surface area contributed by atoms with Gasteiger partial charge in [0.1, 0.15) is 0 Å². The Morgan fingerprint density at radius 2 is 2.03 bits per heavy atom. The molecule has 1 fully saturated rings. The monoisotopic (exact) mass is 431 g/mol. The van der Waals surface area contributed by atoms with Crippen LogP contribution in [0.2, 0.25) is 0 Å². The van der Waals surface area contributed by atoms with Crippen LogP contribution in [0.4, 0.5) is 17.2 Å². The van der Waals surface area contributed by atoms with Crippen LogP contribution >= 0.6 is 0 Å². The number of nitrogens with one attached hydrogen (secondary N) is 2. The van der Waals surface area contributed by atoms with E-state index in [1.807, 2.05) is 12.1 Å². The number of carbonyl (C=O) groups is 1. The van der Waals surface area contributed by atoms with Crippen molar-refractivity contribution in [1.82, 2.24) is 20.3 Å². The van der Waals surface area contributed by atoms with Crippen molar-refractivity contribution in [2.75, 3.05) is 48.8 Å². The molecule has 1 amide bonds. The van der Waals surface area contributed by atoms with E-state index in [9.17, 15) is 4.79 Å². The summed E-state index contributed by atoms with van der Waals surface area (Å²) in [6.07, 6.45) is 5.91. The smallest absolute Gasteiger partial charge is 0.278 e. The number of ether oxygens (including phenoxy) is 1. The first-order chi connectivity index (χ1) is 15.7. The van der Waals surface area contributed by atoms with Gasteiger partial charge in [-0.05, 0) is 36.2 Å². The third-order valence-corrected chi connectivity index (χ3v) is 5.80. The largest absolute Gasteiger partial charge is 0.382 e. The maximum atomic E-state index is 13.1. The topological polar surface area (TPSA) is 118 Å². The second-order valence-electron chi connectivity index (χ2n) is 7.85. The summed E-state index contributed by atoms with van der Waals surface area (Å²) in [6.45, 7) is 4.61. The fourth-order valence-corrected chi connectivity index (χ4v) is 4.09. The molecule has 4 N–H and O–H groups in total. The van der Waals surface area contributed by atoms with Gasteiger partial charge in [-0.1, -0.05) is 12.1 Å². The predicted octanol–water partition coefficient (Wildman–Crippen LogP) is 1.86. The highest BCUT2D eigenvalue weighted by atomic mass is 16.5. The molecule has 0 bridgehead atoms. The van der Waals surface area contributed by atoms with Gasteiger partial charge in [0.05, 0.1) is 42.7 Å². The Morgan fingerprint density at radius 3 is 2.91 bits per heavy atom. The molecule has 0 spiro atoms. The molecule has 5 rings (SSSR count). The number of nitrogens with two attached hydrogens (primary N) is 1. The number of morpholine rings is 1. The van der Waals surface area contributed by atoms with Crippen molar-refractivity contribution in [2.24, 2.45) is 0 Å². The summed E-state index contributed by atoms with van der Waals surface area (Å²) in [5.41, 5.74) is 11.7. The number of carbonyl (C=O) groups excluding carboxylic acids is 1. The minimum Gasteiger partial charge on any atom is -0.382 e. The van der Waals surface area contributed by atoms with Gasteiger partial charge in [0.25, 0.3) is 5.91 Å². The average molecular weight is 432 g/mol. The number of aromatic nitrogens is 3. The van der Waals surface area contributed by atoms with Crippen molar-refractivity contribution >= 4 is 23.1 Å². The third kappa shape index (κ3) is 4.12. The van der Waals surface area contributed by atoms with Gasteiger partial charge in [0, 0.05) is 31.4 Å². The van der Waals surface area contributed by atoms with Crippen molar-refractivity contribution in [2.45, 2.75) is 13.0 Å². The molecule has 0 aliphatic carbocycles. The normalized spacial score (nSPS) is 15.8. The van der Waals surface area contributed by atoms with Crippen molar-refractivity contribution in [3.8, 4) is 11.3 Å². The number of anilines is 3. The standard InChI is InChI=1S/C23H25N7O2/c24-22-21(23(31)29-19-13-26-6-4-20(19)30-7-9-32-10-8-30)28-18(14-27-22)16-1-2-17-12-25-5-3-15(17)11-16/h1-2,4,6,11,13-14,25H,3,5,7-10,12H2,(H2,24,27)(H,29,31). The summed E-state index contributed by atoms with van der Waals surface area (Å²) >= 11 is 0. The van der Waals surface area contributed by atoms with Crippen LogP contribution in [0.3, 0.4) is 0 Å². The number of rotatable bonds is 4. The molecule has 0 radical (unpaired) electrons. The van der Waals surface area contributed by atoms with Crippen LogP contribution in [0.25, 0.3) is 11.3 Å². The Bertz CT molecular complexity index is 1140. The van der Waals surface area contributed by atoms with Crippen molar-refractivity contribution in [3.05, 3.63) is 59.7 Å². The van der Waals surface area contributed by atoms with Gasteiger partial charge in [-0.15, -0.1) is 0 Å². The number of pyridine rings is 1. The van der Waals surface area contributed by atoms with Crippen LogP contribution in [-0.2, 0) is 17.7 Å². The highest BCUT2D eigenvalue weighted by Gasteiger charge is 2.20. The highest BCUT2D eigenvalue weighted by Crippen LogP contribution is 2.27. The van der Waals surface area contributed by atoms with Crippen LogP contribution < -0.4 is 21.3 Å². The van der Waals surface area contributed by atoms with Gasteiger partial charge in [-0.25, -0.2) is 9.97 Å². The molecular formula is C23H25N7O2. The lowest BCUT2D eigenvalue weighted by atomic mass is 9.97. The quantitative estimate of drug-likeness (QED) is 0.573. The lowest BCUT2D eigenvalue weighted by Gasteiger charge is -2.30. The SMILES string of the molecule is Nc1ncc(-c2ccc3c(c2)CCNC3)nc1C(=O)Nc1cnccc1N1CCOCC1. The molecular weight excluding hydrogens is 406 g/mol. The summed E-state index contributed by atoms with van der Waals surface area (Å²) in [6, 6.07) is 8.11. The Balaban J connectivity index is 1.42. The lowest BCUT2D eigenvalue weighted by Crippen LogP contribution is -2.36. The van der Waals surface area contributed by atoms with E-state index in [4.69, 9.17) is 10.5 Å². The minimum absolute atomic E-state index is 0.0882. The summed E-state index contributed by atoms with van der Waals surface area (Å²) in [7, 11) is 0. The first-order valence-corrected chi connectivity index (χ1v) is 10.7. The molecule has 1 aromatic carbocycles. The third-order valence-electron chi connectivity index (χ3n) is 5.80. The van der Waals surface area contributed by atoms with Crippen LogP contribution in [0.15, 0.2) is 42.9 Å². The van der Waals surface area contributed by atoms with Gasteiger partial charge in [0.2, 0.25) is 0 Å². The summed E-state index contributed by atoms with van der Waals surface area (Å²) in [4.78, 5) is 28.2. The molecule has 9 nitrogen and oxygen atoms in total. The van der Waals surface area contributed by atoms with E-state index in [1.54, 1.807) is 18.6 Å². The number of hydrogen-bond donors (Lipinski definition) is 3. The second kappa shape index (κ2) is 8.89. The maximum Gasteiger partial charge on any atom is 0.278 e. The van der Waals surface area contributed by atoms with E-state index in [0.29, 0.717) is 24.6 Å². The molecule has 2 aliphatic heterocycles. The molecule has 0 unspecified atom stereocenters. The van der Waals surface area contributed by atoms with Crippen molar-refractivity contribution < 1.29 is 9.53 Å². The molecule has 164 valence electrons. The van der Waals surface area contributed by atoms with Gasteiger partial charge in [-0.3, -0.25) is 9.78 Å². The molecule has 32 heavy (non-hydrogen) atoms. The van der Waals surface area contributed by atoms with Crippen LogP contribution in [0.5, 0.6) is 0 Å². The van der Waals surface area contributed by atoms with Crippen molar-refractivity contribution in [3.63, 3.8) is 0 Å². The van der Waals surface area contributed by atoms with Gasteiger partial charge in [-0.2, -0.15) is 0 Å². The summed E-state index contributed by atoms with van der Waals surface area (Å²) in [5, 5.41) is 6.29. The van der Waals surface area contributed by atoms with E-state index in [-0.39, 0.29) is 11.5 Å². The summed E-state index contributed by atoms with van der Waals surface area (Å²) in [5.74, 6) is -0.327. The number of fused-ring (bicyclic) bond motifs is 1. The van der Waals surface area contributed by atoms with E-state index in [1.165, 1.54) is 11.1 Å². The minimum atomic E-state index is -0.415. The van der Waals surface area contributed by atoms with Crippen molar-refractivity contribution in [1.29, 1.82) is 0 Å². The number of nitrogen functional groups attached to an aromatic ring is 1. The Labute approximate surface area is 186 Å². The number of nitrogens with zero attached hydrogens (tertiary/aromatic N) is 4. The predicted molar refractivity (Wildman–Crippen MR) is 123 cm³/mol. The fourth-order valence-electron chi connectivity index (χ4n) is 4.09. The van der Waals surface area contributed by atoms with Crippen LogP contribution in [-0.4, -0.2) is 53.7 Å². The highest BCUT2D eigenvalue weighted by molar-refractivity contribution is 6.07. The van der Waals surface area contributed by atoms with E-state index >= 15 is 0 Å². The van der Waals surface area contributed by atoms with Gasteiger partial charge < -0.3 is 26.0 Å². The average Bonchev–Trinajstić information content (AvgIpc) is 2.85. The zero-order valence-electron chi connectivity index (χ0n) is 17.7.